The number of rotatable bonds is 27. The Morgan fingerprint density at radius 3 is 2.12 bits per heavy atom. The number of allylic oxidation sites excluding steroid dienone is 3. The van der Waals surface area contributed by atoms with Gasteiger partial charge in [0.15, 0.2) is 5.72 Å². The maximum atomic E-state index is 14.3. The lowest BCUT2D eigenvalue weighted by atomic mass is 9.83. The third-order valence-corrected chi connectivity index (χ3v) is 13.0. The number of likely N-dealkylation sites (N-methyl/N-ethyl adjacent to an activating group) is 1. The molecule has 3 aliphatic heterocycles. The highest BCUT2D eigenvalue weighted by Gasteiger charge is 2.64. The number of hydrogen-bond donors (Lipinski definition) is 4. The molecule has 1 aromatic rings. The summed E-state index contributed by atoms with van der Waals surface area (Å²) >= 11 is 6.80. The number of alkyl carbamates (subject to hydrolysis) is 1. The van der Waals surface area contributed by atoms with Crippen LogP contribution in [0.4, 0.5) is 10.5 Å². The molecular formula is C49H76ClN5O17. The summed E-state index contributed by atoms with van der Waals surface area (Å²) in [5, 5.41) is 17.1. The first-order chi connectivity index (χ1) is 34.4. The number of hydrogen-bond acceptors (Lipinski definition) is 18. The number of nitrogens with zero attached hydrogens (tertiary/aromatic N) is 2. The largest absolute Gasteiger partial charge is 0.495 e. The third-order valence-electron chi connectivity index (χ3n) is 12.6. The van der Waals surface area contributed by atoms with Crippen LogP contribution in [0.25, 0.3) is 0 Å². The number of amides is 4. The number of anilines is 1. The van der Waals surface area contributed by atoms with Gasteiger partial charge in [0, 0.05) is 40.1 Å². The Morgan fingerprint density at radius 2 is 1.56 bits per heavy atom. The number of carbonyl (C=O) groups is 5. The van der Waals surface area contributed by atoms with Crippen molar-refractivity contribution in [1.82, 2.24) is 15.5 Å². The van der Waals surface area contributed by atoms with Gasteiger partial charge in [0.1, 0.15) is 40.7 Å². The van der Waals surface area contributed by atoms with Gasteiger partial charge in [-0.05, 0) is 44.9 Å². The maximum absolute atomic E-state index is 14.3. The molecule has 1 aromatic carbocycles. The van der Waals surface area contributed by atoms with E-state index >= 15 is 0 Å². The van der Waals surface area contributed by atoms with Crippen molar-refractivity contribution in [2.45, 2.75) is 95.2 Å². The van der Waals surface area contributed by atoms with E-state index in [2.05, 4.69) is 10.6 Å². The molecule has 23 heteroatoms. The molecule has 4 amide bonds. The zero-order chi connectivity index (χ0) is 52.8. The molecule has 0 spiro atoms. The first kappa shape index (κ1) is 60.1. The van der Waals surface area contributed by atoms with Crippen LogP contribution >= 0.6 is 11.6 Å². The Labute approximate surface area is 427 Å². The SMILES string of the molecule is COc1cc2cc(c1Cl)N(C)C(=O)C[C@H](OC(=O)[C@H](C)N(C)C(=O)CCOCCOCCOCCOCCOCCOCCNC(=O)CN)[C@]1(C)OC1[C@H](C)[C@@H]1C[C@@](O)(NC(=O)O1)[C@H](OC)/C=C/C=C(\C)C2. The first-order valence-electron chi connectivity index (χ1n) is 24.2. The molecule has 0 saturated carbocycles. The molecule has 8 atom stereocenters. The van der Waals surface area contributed by atoms with E-state index < -0.39 is 65.7 Å². The summed E-state index contributed by atoms with van der Waals surface area (Å²) in [7, 11) is 5.94. The van der Waals surface area contributed by atoms with E-state index in [0.29, 0.717) is 83.9 Å². The molecule has 0 radical (unpaired) electrons. The lowest BCUT2D eigenvalue weighted by Gasteiger charge is -2.42. The number of carbonyl (C=O) groups excluding carboxylic acids is 5. The second-order valence-corrected chi connectivity index (χ2v) is 18.3. The van der Waals surface area contributed by atoms with Crippen molar-refractivity contribution in [2.75, 3.05) is 126 Å². The number of esters is 1. The molecule has 72 heavy (non-hydrogen) atoms. The van der Waals surface area contributed by atoms with Gasteiger partial charge in [-0.2, -0.15) is 0 Å². The Balaban J connectivity index is 1.27. The Hall–Kier alpha value is -4.46. The standard InChI is InChI=1S/C49H76ClN5O17/c1-32-10-9-11-39(63-8)49(61)30-38(70-47(60)53-49)33(2)45-48(4,72-45)40(29-43(58)55(6)36-27-35(26-32)28-37(62-7)44(36)50)71-46(59)34(3)54(5)42(57)12-14-64-16-18-66-20-22-68-24-25-69-23-21-67-19-17-65-15-13-52-41(56)31-51/h9-11,27-28,33-34,38-40,45,61H,12-26,29-31,51H2,1-8H3,(H,52,56)(H,53,60)/b11-9+,32-10+/t33-,34+,38+,39-,40+,45?,48+,49+/m1/s1. The summed E-state index contributed by atoms with van der Waals surface area (Å²) in [5.41, 5.74) is 4.15. The molecule has 4 bridgehead atoms. The van der Waals surface area contributed by atoms with E-state index in [9.17, 15) is 29.1 Å². The molecule has 0 aliphatic carbocycles. The van der Waals surface area contributed by atoms with Crippen LogP contribution in [-0.4, -0.2) is 202 Å². The molecule has 5 N–H and O–H groups in total. The number of fused-ring (bicyclic) bond motifs is 5. The maximum Gasteiger partial charge on any atom is 0.409 e. The molecule has 3 heterocycles. The summed E-state index contributed by atoms with van der Waals surface area (Å²) in [4.78, 5) is 68.1. The van der Waals surface area contributed by atoms with Crippen molar-refractivity contribution < 1.29 is 81.2 Å². The van der Waals surface area contributed by atoms with Crippen molar-refractivity contribution in [3.05, 3.63) is 46.5 Å². The third kappa shape index (κ3) is 18.2. The van der Waals surface area contributed by atoms with Gasteiger partial charge in [0.05, 0.1) is 118 Å². The van der Waals surface area contributed by atoms with Crippen LogP contribution in [0.2, 0.25) is 5.02 Å². The number of halogens is 1. The molecule has 2 fully saturated rings. The molecule has 1 unspecified atom stereocenters. The predicted molar refractivity (Wildman–Crippen MR) is 263 cm³/mol. The number of aliphatic hydroxyl groups is 1. The minimum atomic E-state index is -1.86. The molecule has 3 aliphatic rings. The van der Waals surface area contributed by atoms with Crippen LogP contribution < -0.4 is 26.0 Å². The number of ether oxygens (including phenoxy) is 11. The zero-order valence-electron chi connectivity index (χ0n) is 42.9. The smallest absolute Gasteiger partial charge is 0.409 e. The number of nitrogens with two attached hydrogens (primary N) is 1. The van der Waals surface area contributed by atoms with Crippen LogP contribution in [0, 0.1) is 5.92 Å². The van der Waals surface area contributed by atoms with Crippen LogP contribution in [0.3, 0.4) is 0 Å². The van der Waals surface area contributed by atoms with Crippen molar-refractivity contribution in [2.24, 2.45) is 11.7 Å². The Kier molecular flexibility index (Phi) is 25.1. The molecule has 4 rings (SSSR count). The topological polar surface area (TPSA) is 267 Å². The summed E-state index contributed by atoms with van der Waals surface area (Å²) in [5.74, 6) is -2.08. The highest BCUT2D eigenvalue weighted by Crippen LogP contribution is 2.49. The zero-order valence-corrected chi connectivity index (χ0v) is 43.7. The van der Waals surface area contributed by atoms with Crippen molar-refractivity contribution in [3.8, 4) is 5.75 Å². The lowest BCUT2D eigenvalue weighted by molar-refractivity contribution is -0.162. The van der Waals surface area contributed by atoms with Gasteiger partial charge in [-0.25, -0.2) is 9.59 Å². The van der Waals surface area contributed by atoms with Gasteiger partial charge >= 0.3 is 12.1 Å². The number of epoxide rings is 1. The van der Waals surface area contributed by atoms with Gasteiger partial charge in [-0.1, -0.05) is 42.3 Å². The normalized spacial score (nSPS) is 26.0. The van der Waals surface area contributed by atoms with Gasteiger partial charge in [0.25, 0.3) is 0 Å². The van der Waals surface area contributed by atoms with E-state index in [1.54, 1.807) is 45.2 Å². The second kappa shape index (κ2) is 30.0. The van der Waals surface area contributed by atoms with Crippen molar-refractivity contribution >= 4 is 47.1 Å². The number of nitrogens with one attached hydrogen (secondary N) is 2. The van der Waals surface area contributed by atoms with Gasteiger partial charge in [-0.3, -0.25) is 19.7 Å². The van der Waals surface area contributed by atoms with Gasteiger partial charge in [0.2, 0.25) is 17.7 Å². The molecule has 0 aromatic heterocycles. The molecular weight excluding hydrogens is 966 g/mol. The quantitative estimate of drug-likeness (QED) is 0.0558. The van der Waals surface area contributed by atoms with E-state index in [4.69, 9.17) is 69.4 Å². The minimum Gasteiger partial charge on any atom is -0.495 e. The summed E-state index contributed by atoms with van der Waals surface area (Å²) in [6.07, 6.45) is 0.594. The highest BCUT2D eigenvalue weighted by atomic mass is 35.5. The van der Waals surface area contributed by atoms with Crippen LogP contribution in [0.1, 0.15) is 52.5 Å². The molecule has 2 saturated heterocycles. The van der Waals surface area contributed by atoms with Gasteiger partial charge < -0.3 is 78.1 Å². The average molecular weight is 1040 g/mol. The van der Waals surface area contributed by atoms with Crippen molar-refractivity contribution in [3.63, 3.8) is 0 Å². The van der Waals surface area contributed by atoms with Crippen LogP contribution in [-0.2, 0) is 73.0 Å². The Morgan fingerprint density at radius 1 is 0.972 bits per heavy atom. The summed E-state index contributed by atoms with van der Waals surface area (Å²) in [6, 6.07) is 2.49. The monoisotopic (exact) mass is 1040 g/mol. The second-order valence-electron chi connectivity index (χ2n) is 17.9. The molecule has 22 nitrogen and oxygen atoms in total. The first-order valence-corrected chi connectivity index (χ1v) is 24.5. The van der Waals surface area contributed by atoms with Gasteiger partial charge in [-0.15, -0.1) is 0 Å². The van der Waals surface area contributed by atoms with E-state index in [0.717, 1.165) is 11.1 Å². The summed E-state index contributed by atoms with van der Waals surface area (Å²) in [6.45, 7) is 11.3. The number of methoxy groups -OCH3 is 2. The van der Waals surface area contributed by atoms with E-state index in [1.165, 1.54) is 38.0 Å². The fourth-order valence-corrected chi connectivity index (χ4v) is 8.40. The van der Waals surface area contributed by atoms with Crippen molar-refractivity contribution in [1.29, 1.82) is 0 Å². The highest BCUT2D eigenvalue weighted by molar-refractivity contribution is 6.35. The Bertz CT molecular complexity index is 2000. The fourth-order valence-electron chi connectivity index (χ4n) is 8.09. The predicted octanol–water partition coefficient (Wildman–Crippen LogP) is 2.08. The van der Waals surface area contributed by atoms with Crippen LogP contribution in [0.5, 0.6) is 5.75 Å². The molecule has 406 valence electrons. The van der Waals surface area contributed by atoms with Crippen LogP contribution in [0.15, 0.2) is 35.9 Å². The van der Waals surface area contributed by atoms with E-state index in [1.807, 2.05) is 13.0 Å². The lowest BCUT2D eigenvalue weighted by Crippen LogP contribution is -2.63. The average Bonchev–Trinajstić information content (AvgIpc) is 4.05. The van der Waals surface area contributed by atoms with E-state index in [-0.39, 0.29) is 62.5 Å². The summed E-state index contributed by atoms with van der Waals surface area (Å²) < 4.78 is 62.3. The fraction of sp³-hybridized carbons (Fsp3) is 0.694. The minimum absolute atomic E-state index is 0.0285. The number of benzene rings is 1.